The molecule has 0 unspecified atom stereocenters. The molecule has 68 valence electrons. The second-order valence-electron chi connectivity index (χ2n) is 3.18. The van der Waals surface area contributed by atoms with Crippen molar-refractivity contribution in [3.05, 3.63) is 34.7 Å². The molecule has 0 N–H and O–H groups in total. The Bertz CT molecular complexity index is 473. The number of hydrogen-bond acceptors (Lipinski definition) is 0. The predicted octanol–water partition coefficient (Wildman–Crippen LogP) is 3.28. The molecule has 2 aromatic rings. The average Bonchev–Trinajstić information content (AvgIpc) is 2.45. The molecule has 0 amide bonds. The molecule has 0 aliphatic carbocycles. The third kappa shape index (κ3) is 1.13. The van der Waals surface area contributed by atoms with Crippen LogP contribution in [0.1, 0.15) is 5.56 Å². The van der Waals surface area contributed by atoms with Gasteiger partial charge in [-0.15, -0.1) is 0 Å². The number of hydrogen-bond donors (Lipinski definition) is 0. The molecule has 0 radical (unpaired) electrons. The van der Waals surface area contributed by atoms with Crippen LogP contribution in [0, 0.1) is 12.7 Å². The van der Waals surface area contributed by atoms with Gasteiger partial charge in [-0.1, -0.05) is 11.6 Å². The van der Waals surface area contributed by atoms with Crippen molar-refractivity contribution >= 4 is 22.5 Å². The van der Waals surface area contributed by atoms with Crippen LogP contribution in [0.3, 0.4) is 0 Å². The van der Waals surface area contributed by atoms with Gasteiger partial charge in [0, 0.05) is 24.1 Å². The molecule has 0 bridgehead atoms. The molecule has 0 spiro atoms. The summed E-state index contributed by atoms with van der Waals surface area (Å²) in [7, 11) is 1.91. The number of nitrogens with zero attached hydrogens (tertiary/aromatic N) is 1. The molecule has 1 heterocycles. The summed E-state index contributed by atoms with van der Waals surface area (Å²) in [6.07, 6.45) is 1.87. The maximum absolute atomic E-state index is 13.3. The van der Waals surface area contributed by atoms with Crippen LogP contribution in [0.2, 0.25) is 5.02 Å². The van der Waals surface area contributed by atoms with Gasteiger partial charge in [0.1, 0.15) is 5.82 Å². The normalized spacial score (nSPS) is 11.1. The van der Waals surface area contributed by atoms with Crippen LogP contribution in [0.25, 0.3) is 10.9 Å². The van der Waals surface area contributed by atoms with E-state index in [0.29, 0.717) is 5.56 Å². The summed E-state index contributed by atoms with van der Waals surface area (Å²) >= 11 is 5.86. The Hall–Kier alpha value is -1.02. The summed E-state index contributed by atoms with van der Waals surface area (Å²) in [6, 6.07) is 3.62. The molecule has 13 heavy (non-hydrogen) atoms. The zero-order valence-corrected chi connectivity index (χ0v) is 8.19. The molecule has 0 atom stereocenters. The quantitative estimate of drug-likeness (QED) is 0.611. The molecule has 0 aliphatic rings. The lowest BCUT2D eigenvalue weighted by atomic mass is 10.2. The molecule has 0 saturated carbocycles. The first kappa shape index (κ1) is 8.57. The number of halogens is 2. The SMILES string of the molecule is Cc1cc2c(ccn2C)c(Cl)c1F. The largest absolute Gasteiger partial charge is 0.350 e. The number of aryl methyl sites for hydroxylation is 2. The number of benzene rings is 1. The van der Waals surface area contributed by atoms with Crippen LogP contribution in [0.15, 0.2) is 18.3 Å². The lowest BCUT2D eigenvalue weighted by Gasteiger charge is -2.02. The van der Waals surface area contributed by atoms with Crippen LogP contribution in [-0.4, -0.2) is 4.57 Å². The first-order valence-corrected chi connectivity index (χ1v) is 4.38. The summed E-state index contributed by atoms with van der Waals surface area (Å²) in [4.78, 5) is 0. The Morgan fingerprint density at radius 1 is 1.46 bits per heavy atom. The van der Waals surface area contributed by atoms with Crippen molar-refractivity contribution in [2.75, 3.05) is 0 Å². The summed E-state index contributed by atoms with van der Waals surface area (Å²) in [5.41, 5.74) is 1.54. The molecule has 2 rings (SSSR count). The van der Waals surface area contributed by atoms with Crippen LogP contribution in [0.5, 0.6) is 0 Å². The second kappa shape index (κ2) is 2.74. The molecule has 3 heteroatoms. The average molecular weight is 198 g/mol. The highest BCUT2D eigenvalue weighted by molar-refractivity contribution is 6.35. The third-order valence-electron chi connectivity index (χ3n) is 2.25. The minimum absolute atomic E-state index is 0.218. The standard InChI is InChI=1S/C10H9ClFN/c1-6-5-8-7(3-4-13(8)2)9(11)10(6)12/h3-5H,1-2H3. The Kier molecular flexibility index (Phi) is 1.81. The van der Waals surface area contributed by atoms with E-state index in [4.69, 9.17) is 11.6 Å². The van der Waals surface area contributed by atoms with E-state index in [1.165, 1.54) is 0 Å². The van der Waals surface area contributed by atoms with Gasteiger partial charge in [-0.25, -0.2) is 4.39 Å². The van der Waals surface area contributed by atoms with Crippen molar-refractivity contribution in [3.8, 4) is 0 Å². The molecule has 1 nitrogen and oxygen atoms in total. The van der Waals surface area contributed by atoms with E-state index < -0.39 is 0 Å². The maximum Gasteiger partial charge on any atom is 0.145 e. The van der Waals surface area contributed by atoms with Gasteiger partial charge in [-0.05, 0) is 24.6 Å². The van der Waals surface area contributed by atoms with E-state index in [9.17, 15) is 4.39 Å². The van der Waals surface area contributed by atoms with E-state index in [1.54, 1.807) is 13.0 Å². The molecular weight excluding hydrogens is 189 g/mol. The highest BCUT2D eigenvalue weighted by atomic mass is 35.5. The Balaban J connectivity index is 2.96. The highest BCUT2D eigenvalue weighted by Gasteiger charge is 2.10. The van der Waals surface area contributed by atoms with Gasteiger partial charge in [0.25, 0.3) is 0 Å². The summed E-state index contributed by atoms with van der Waals surface area (Å²) < 4.78 is 15.3. The third-order valence-corrected chi connectivity index (χ3v) is 2.62. The van der Waals surface area contributed by atoms with Gasteiger partial charge in [-0.2, -0.15) is 0 Å². The smallest absolute Gasteiger partial charge is 0.145 e. The number of rotatable bonds is 0. The van der Waals surface area contributed by atoms with E-state index in [0.717, 1.165) is 10.9 Å². The minimum Gasteiger partial charge on any atom is -0.350 e. The topological polar surface area (TPSA) is 4.93 Å². The lowest BCUT2D eigenvalue weighted by Crippen LogP contribution is -1.88. The van der Waals surface area contributed by atoms with Crippen molar-refractivity contribution in [1.82, 2.24) is 4.57 Å². The van der Waals surface area contributed by atoms with E-state index in [2.05, 4.69) is 0 Å². The molecule has 1 aromatic heterocycles. The minimum atomic E-state index is -0.319. The second-order valence-corrected chi connectivity index (χ2v) is 3.56. The van der Waals surface area contributed by atoms with Crippen molar-refractivity contribution in [2.24, 2.45) is 7.05 Å². The van der Waals surface area contributed by atoms with Gasteiger partial charge in [0.15, 0.2) is 0 Å². The predicted molar refractivity (Wildman–Crippen MR) is 52.6 cm³/mol. The van der Waals surface area contributed by atoms with Gasteiger partial charge in [0.05, 0.1) is 5.02 Å². The molecule has 0 fully saturated rings. The zero-order valence-electron chi connectivity index (χ0n) is 7.44. The first-order valence-electron chi connectivity index (χ1n) is 4.01. The summed E-state index contributed by atoms with van der Waals surface area (Å²) in [6.45, 7) is 1.72. The number of aromatic nitrogens is 1. The molecule has 0 saturated heterocycles. The van der Waals surface area contributed by atoms with Crippen molar-refractivity contribution in [1.29, 1.82) is 0 Å². The molecule has 0 aliphatic heterocycles. The fraction of sp³-hybridized carbons (Fsp3) is 0.200. The fourth-order valence-corrected chi connectivity index (χ4v) is 1.78. The molecular formula is C10H9ClFN. The van der Waals surface area contributed by atoms with Crippen molar-refractivity contribution < 1.29 is 4.39 Å². The van der Waals surface area contributed by atoms with E-state index >= 15 is 0 Å². The fourth-order valence-electron chi connectivity index (χ4n) is 1.47. The van der Waals surface area contributed by atoms with Crippen LogP contribution < -0.4 is 0 Å². The van der Waals surface area contributed by atoms with Gasteiger partial charge in [-0.3, -0.25) is 0 Å². The first-order chi connectivity index (χ1) is 6.11. The Morgan fingerprint density at radius 3 is 2.85 bits per heavy atom. The summed E-state index contributed by atoms with van der Waals surface area (Å²) in [5.74, 6) is -0.319. The van der Waals surface area contributed by atoms with Crippen molar-refractivity contribution in [2.45, 2.75) is 6.92 Å². The summed E-state index contributed by atoms with van der Waals surface area (Å²) in [5, 5.41) is 0.989. The van der Waals surface area contributed by atoms with Crippen molar-refractivity contribution in [3.63, 3.8) is 0 Å². The van der Waals surface area contributed by atoms with Crippen LogP contribution >= 0.6 is 11.6 Å². The van der Waals surface area contributed by atoms with Crippen LogP contribution in [0.4, 0.5) is 4.39 Å². The van der Waals surface area contributed by atoms with Gasteiger partial charge < -0.3 is 4.57 Å². The zero-order chi connectivity index (χ0) is 9.59. The monoisotopic (exact) mass is 197 g/mol. The highest BCUT2D eigenvalue weighted by Crippen LogP contribution is 2.29. The Labute approximate surface area is 80.7 Å². The number of fused-ring (bicyclic) bond motifs is 1. The van der Waals surface area contributed by atoms with Gasteiger partial charge >= 0.3 is 0 Å². The van der Waals surface area contributed by atoms with Crippen LogP contribution in [-0.2, 0) is 7.05 Å². The van der Waals surface area contributed by atoms with E-state index in [-0.39, 0.29) is 10.8 Å². The maximum atomic E-state index is 13.3. The lowest BCUT2D eigenvalue weighted by molar-refractivity contribution is 0.621. The Morgan fingerprint density at radius 2 is 2.15 bits per heavy atom. The molecule has 1 aromatic carbocycles. The van der Waals surface area contributed by atoms with Gasteiger partial charge in [0.2, 0.25) is 0 Å². The van der Waals surface area contributed by atoms with E-state index in [1.807, 2.05) is 23.9 Å².